The summed E-state index contributed by atoms with van der Waals surface area (Å²) < 4.78 is 0. The van der Waals surface area contributed by atoms with Crippen LogP contribution in [-0.2, 0) is 0 Å². The van der Waals surface area contributed by atoms with E-state index < -0.39 is 0 Å². The third-order valence-electron chi connectivity index (χ3n) is 1.74. The highest BCUT2D eigenvalue weighted by Gasteiger charge is 1.88. The fourth-order valence-corrected chi connectivity index (χ4v) is 0.894. The van der Waals surface area contributed by atoms with Crippen molar-refractivity contribution >= 4 is 0 Å². The maximum absolute atomic E-state index is 5.39. The van der Waals surface area contributed by atoms with Crippen molar-refractivity contribution < 1.29 is 0 Å². The summed E-state index contributed by atoms with van der Waals surface area (Å²) in [5, 5.41) is 2.93. The number of rotatable bonds is 6. The van der Waals surface area contributed by atoms with Gasteiger partial charge in [-0.1, -0.05) is 37.8 Å². The van der Waals surface area contributed by atoms with Crippen molar-refractivity contribution in [1.29, 1.82) is 0 Å². The van der Waals surface area contributed by atoms with Crippen LogP contribution in [0.3, 0.4) is 0 Å². The van der Waals surface area contributed by atoms with Gasteiger partial charge in [0.15, 0.2) is 0 Å². The third kappa shape index (κ3) is 15.9. The summed E-state index contributed by atoms with van der Waals surface area (Å²) in [6, 6.07) is 0. The molecule has 2 heteroatoms. The van der Waals surface area contributed by atoms with Crippen LogP contribution in [0.15, 0.2) is 36.5 Å². The average Bonchev–Trinajstić information content (AvgIpc) is 2.27. The van der Waals surface area contributed by atoms with E-state index in [0.717, 1.165) is 25.9 Å². The lowest BCUT2D eigenvalue weighted by atomic mass is 10.1. The molecular formula is C13H26N2. The Balaban J connectivity index is 0. The van der Waals surface area contributed by atoms with Crippen molar-refractivity contribution in [3.63, 3.8) is 0 Å². The first-order valence-electron chi connectivity index (χ1n) is 5.55. The number of nitrogens with two attached hydrogens (primary N) is 1. The summed E-state index contributed by atoms with van der Waals surface area (Å²) >= 11 is 0. The van der Waals surface area contributed by atoms with Gasteiger partial charge in [-0.15, -0.1) is 0 Å². The Bertz CT molecular complexity index is 179. The molecule has 0 bridgehead atoms. The molecule has 0 heterocycles. The van der Waals surface area contributed by atoms with Gasteiger partial charge in [0.05, 0.1) is 0 Å². The zero-order valence-corrected chi connectivity index (χ0v) is 10.4. The Kier molecular flexibility index (Phi) is 17.2. The molecule has 0 spiro atoms. The predicted molar refractivity (Wildman–Crippen MR) is 71.0 cm³/mol. The van der Waals surface area contributed by atoms with Crippen LogP contribution >= 0.6 is 0 Å². The molecule has 0 aliphatic heterocycles. The largest absolute Gasteiger partial charge is 0.330 e. The SMILES string of the molecule is C=C/C=C(\C=C/C)CCCN.CCNC. The minimum atomic E-state index is 0.756. The third-order valence-corrected chi connectivity index (χ3v) is 1.74. The van der Waals surface area contributed by atoms with E-state index in [4.69, 9.17) is 5.73 Å². The van der Waals surface area contributed by atoms with Gasteiger partial charge in [0.2, 0.25) is 0 Å². The second-order valence-corrected chi connectivity index (χ2v) is 3.08. The van der Waals surface area contributed by atoms with Crippen LogP contribution in [0.1, 0.15) is 26.7 Å². The summed E-state index contributed by atoms with van der Waals surface area (Å²) in [5.41, 5.74) is 6.69. The minimum absolute atomic E-state index is 0.756. The van der Waals surface area contributed by atoms with Gasteiger partial charge in [0.25, 0.3) is 0 Å². The van der Waals surface area contributed by atoms with Crippen LogP contribution in [0.2, 0.25) is 0 Å². The monoisotopic (exact) mass is 210 g/mol. The van der Waals surface area contributed by atoms with Crippen LogP contribution in [0.25, 0.3) is 0 Å². The van der Waals surface area contributed by atoms with Crippen molar-refractivity contribution in [2.45, 2.75) is 26.7 Å². The summed E-state index contributed by atoms with van der Waals surface area (Å²) in [5.74, 6) is 0. The van der Waals surface area contributed by atoms with E-state index in [1.54, 1.807) is 0 Å². The van der Waals surface area contributed by atoms with Gasteiger partial charge in [-0.2, -0.15) is 0 Å². The number of hydrogen-bond donors (Lipinski definition) is 2. The van der Waals surface area contributed by atoms with Gasteiger partial charge in [0, 0.05) is 0 Å². The van der Waals surface area contributed by atoms with E-state index in [0.29, 0.717) is 0 Å². The normalized spacial score (nSPS) is 11.1. The summed E-state index contributed by atoms with van der Waals surface area (Å²) in [7, 11) is 1.93. The highest BCUT2D eigenvalue weighted by Crippen LogP contribution is 2.05. The highest BCUT2D eigenvalue weighted by atomic mass is 14.8. The van der Waals surface area contributed by atoms with Crippen LogP contribution in [-0.4, -0.2) is 20.1 Å². The lowest BCUT2D eigenvalue weighted by Crippen LogP contribution is -2.01. The zero-order valence-electron chi connectivity index (χ0n) is 10.4. The maximum Gasteiger partial charge on any atom is -0.00741 e. The molecule has 2 nitrogen and oxygen atoms in total. The Labute approximate surface area is 94.9 Å². The molecule has 0 saturated heterocycles. The molecule has 88 valence electrons. The molecule has 0 rings (SSSR count). The van der Waals surface area contributed by atoms with Crippen molar-refractivity contribution in [2.24, 2.45) is 5.73 Å². The Morgan fingerprint density at radius 1 is 1.47 bits per heavy atom. The van der Waals surface area contributed by atoms with E-state index in [-0.39, 0.29) is 0 Å². The van der Waals surface area contributed by atoms with Gasteiger partial charge in [-0.25, -0.2) is 0 Å². The van der Waals surface area contributed by atoms with Gasteiger partial charge < -0.3 is 11.1 Å². The molecule has 0 radical (unpaired) electrons. The van der Waals surface area contributed by atoms with Crippen molar-refractivity contribution in [2.75, 3.05) is 20.1 Å². The van der Waals surface area contributed by atoms with Gasteiger partial charge in [-0.3, -0.25) is 0 Å². The summed E-state index contributed by atoms with van der Waals surface area (Å²) in [6.07, 6.45) is 10.1. The molecule has 15 heavy (non-hydrogen) atoms. The van der Waals surface area contributed by atoms with Gasteiger partial charge in [0.1, 0.15) is 0 Å². The zero-order chi connectivity index (χ0) is 11.9. The Morgan fingerprint density at radius 2 is 2.07 bits per heavy atom. The van der Waals surface area contributed by atoms with Crippen molar-refractivity contribution in [3.05, 3.63) is 36.5 Å². The maximum atomic E-state index is 5.39. The van der Waals surface area contributed by atoms with E-state index >= 15 is 0 Å². The van der Waals surface area contributed by atoms with Crippen molar-refractivity contribution in [1.82, 2.24) is 5.32 Å². The molecule has 0 unspecified atom stereocenters. The first-order valence-corrected chi connectivity index (χ1v) is 5.55. The fraction of sp³-hybridized carbons (Fsp3) is 0.538. The fourth-order valence-electron chi connectivity index (χ4n) is 0.894. The second kappa shape index (κ2) is 15.6. The number of nitrogens with one attached hydrogen (secondary N) is 1. The second-order valence-electron chi connectivity index (χ2n) is 3.08. The molecule has 0 saturated carbocycles. The lowest BCUT2D eigenvalue weighted by molar-refractivity contribution is 0.835. The van der Waals surface area contributed by atoms with Crippen LogP contribution in [0, 0.1) is 0 Å². The molecule has 0 aliphatic carbocycles. The number of hydrogen-bond acceptors (Lipinski definition) is 2. The Hall–Kier alpha value is -0.860. The summed E-state index contributed by atoms with van der Waals surface area (Å²) in [6.45, 7) is 9.56. The van der Waals surface area contributed by atoms with E-state index in [1.165, 1.54) is 5.57 Å². The molecule has 0 fully saturated rings. The first-order chi connectivity index (χ1) is 7.26. The van der Waals surface area contributed by atoms with Crippen LogP contribution in [0.5, 0.6) is 0 Å². The quantitative estimate of drug-likeness (QED) is 0.661. The molecular weight excluding hydrogens is 184 g/mol. The molecule has 0 aromatic carbocycles. The summed E-state index contributed by atoms with van der Waals surface area (Å²) in [4.78, 5) is 0. The van der Waals surface area contributed by atoms with Crippen molar-refractivity contribution in [3.8, 4) is 0 Å². The van der Waals surface area contributed by atoms with Gasteiger partial charge in [-0.05, 0) is 45.5 Å². The predicted octanol–water partition coefficient (Wildman–Crippen LogP) is 2.64. The van der Waals surface area contributed by atoms with Crippen LogP contribution < -0.4 is 11.1 Å². The standard InChI is InChI=1S/C10H17N.C3H9N/c1-3-6-10(7-4-2)8-5-9-11;1-3-4-2/h3-4,6-7H,1,5,8-9,11H2,2H3;4H,3H2,1-2H3/b7-4-,10-6+;. The van der Waals surface area contributed by atoms with Gasteiger partial charge >= 0.3 is 0 Å². The average molecular weight is 210 g/mol. The highest BCUT2D eigenvalue weighted by molar-refractivity contribution is 5.22. The topological polar surface area (TPSA) is 38.0 Å². The Morgan fingerprint density at radius 3 is 2.40 bits per heavy atom. The molecule has 0 amide bonds. The van der Waals surface area contributed by atoms with E-state index in [1.807, 2.05) is 32.2 Å². The smallest absolute Gasteiger partial charge is 0.00741 e. The minimum Gasteiger partial charge on any atom is -0.330 e. The van der Waals surface area contributed by atoms with Crippen LogP contribution in [0.4, 0.5) is 0 Å². The van der Waals surface area contributed by atoms with E-state index in [2.05, 4.69) is 24.9 Å². The molecule has 0 aromatic rings. The molecule has 0 atom stereocenters. The molecule has 0 aromatic heterocycles. The first kappa shape index (κ1) is 16.6. The lowest BCUT2D eigenvalue weighted by Gasteiger charge is -1.97. The van der Waals surface area contributed by atoms with E-state index in [9.17, 15) is 0 Å². The molecule has 0 aliphatic rings. The number of allylic oxidation sites excluding steroid dienone is 5. The molecule has 3 N–H and O–H groups in total.